The van der Waals surface area contributed by atoms with Crippen molar-refractivity contribution in [3.05, 3.63) is 33.0 Å². The first-order chi connectivity index (χ1) is 9.06. The highest BCUT2D eigenvalue weighted by atomic mass is 32.1. The van der Waals surface area contributed by atoms with Gasteiger partial charge >= 0.3 is 0 Å². The molecule has 0 saturated carbocycles. The zero-order chi connectivity index (χ0) is 14.0. The van der Waals surface area contributed by atoms with Gasteiger partial charge < -0.3 is 9.13 Å². The molecule has 0 aromatic carbocycles. The minimum absolute atomic E-state index is 0.0493. The fourth-order valence-electron chi connectivity index (χ4n) is 1.95. The molecular weight excluding hydrogens is 260 g/mol. The predicted octanol–water partition coefficient (Wildman–Crippen LogP) is 2.41. The van der Waals surface area contributed by atoms with Gasteiger partial charge in [0, 0.05) is 19.3 Å². The molecule has 0 bridgehead atoms. The number of hydrogen-bond donors (Lipinski definition) is 1. The van der Waals surface area contributed by atoms with E-state index in [1.54, 1.807) is 11.6 Å². The lowest BCUT2D eigenvalue weighted by molar-refractivity contribution is 0.628. The summed E-state index contributed by atoms with van der Waals surface area (Å²) in [6.07, 6.45) is 2.07. The van der Waals surface area contributed by atoms with E-state index in [9.17, 15) is 4.79 Å². The van der Waals surface area contributed by atoms with Gasteiger partial charge in [-0.2, -0.15) is 5.10 Å². The van der Waals surface area contributed by atoms with Gasteiger partial charge in [0.15, 0.2) is 10.6 Å². The van der Waals surface area contributed by atoms with E-state index in [1.165, 1.54) is 0 Å². The number of hydrogen-bond acceptors (Lipinski definition) is 3. The van der Waals surface area contributed by atoms with E-state index in [4.69, 9.17) is 12.2 Å². The zero-order valence-corrected chi connectivity index (χ0v) is 12.3. The molecule has 102 valence electrons. The Morgan fingerprint density at radius 2 is 2.16 bits per heavy atom. The number of nitrogens with zero attached hydrogens (tertiary/aromatic N) is 3. The Bertz CT molecular complexity index is 695. The Kier molecular flexibility index (Phi) is 3.99. The van der Waals surface area contributed by atoms with E-state index in [-0.39, 0.29) is 5.56 Å². The molecule has 0 radical (unpaired) electrons. The van der Waals surface area contributed by atoms with Crippen molar-refractivity contribution in [2.75, 3.05) is 0 Å². The van der Waals surface area contributed by atoms with Gasteiger partial charge in [-0.05, 0) is 37.7 Å². The van der Waals surface area contributed by atoms with Crippen LogP contribution in [0.25, 0.3) is 11.4 Å². The molecule has 0 spiro atoms. The van der Waals surface area contributed by atoms with Crippen LogP contribution in [0.15, 0.2) is 16.9 Å². The Hall–Kier alpha value is -1.69. The molecule has 0 amide bonds. The summed E-state index contributed by atoms with van der Waals surface area (Å²) in [6, 6.07) is 3.73. The van der Waals surface area contributed by atoms with E-state index in [2.05, 4.69) is 17.1 Å². The molecule has 6 heteroatoms. The van der Waals surface area contributed by atoms with Gasteiger partial charge in [0.05, 0.1) is 5.56 Å². The van der Waals surface area contributed by atoms with Gasteiger partial charge in [-0.15, -0.1) is 0 Å². The minimum atomic E-state index is -0.0493. The van der Waals surface area contributed by atoms with Gasteiger partial charge in [0.2, 0.25) is 0 Å². The normalized spacial score (nSPS) is 10.9. The maximum absolute atomic E-state index is 12.3. The van der Waals surface area contributed by atoms with Crippen molar-refractivity contribution in [2.45, 2.75) is 33.2 Å². The molecule has 2 aromatic heterocycles. The number of unbranched alkanes of at least 4 members (excludes halogenated alkanes) is 1. The molecule has 0 fully saturated rings. The second kappa shape index (κ2) is 5.52. The molecule has 2 aromatic rings. The molecule has 0 aliphatic rings. The number of aromatic nitrogens is 4. The van der Waals surface area contributed by atoms with E-state index in [0.29, 0.717) is 16.2 Å². The average molecular weight is 278 g/mol. The molecule has 0 saturated heterocycles. The Balaban J connectivity index is 2.57. The van der Waals surface area contributed by atoms with Crippen molar-refractivity contribution >= 4 is 12.2 Å². The highest BCUT2D eigenvalue weighted by Crippen LogP contribution is 2.14. The standard InChI is InChI=1S/C13H18N4OS/c1-4-5-8-17-11(14-15-13(17)19)10-7-6-9(2)16(3)12(10)18/h6-7H,4-5,8H2,1-3H3,(H,15,19). The van der Waals surface area contributed by atoms with E-state index in [0.717, 1.165) is 25.1 Å². The van der Waals surface area contributed by atoms with Gasteiger partial charge in [-0.25, -0.2) is 0 Å². The highest BCUT2D eigenvalue weighted by Gasteiger charge is 2.13. The third kappa shape index (κ3) is 2.53. The van der Waals surface area contributed by atoms with Gasteiger partial charge in [-0.3, -0.25) is 9.89 Å². The second-order valence-electron chi connectivity index (χ2n) is 4.61. The molecule has 19 heavy (non-hydrogen) atoms. The number of aryl methyl sites for hydroxylation is 1. The minimum Gasteiger partial charge on any atom is -0.315 e. The van der Waals surface area contributed by atoms with Crippen molar-refractivity contribution in [1.82, 2.24) is 19.3 Å². The van der Waals surface area contributed by atoms with Crippen molar-refractivity contribution < 1.29 is 0 Å². The third-order valence-corrected chi connectivity index (χ3v) is 3.60. The van der Waals surface area contributed by atoms with Gasteiger partial charge in [-0.1, -0.05) is 13.3 Å². The summed E-state index contributed by atoms with van der Waals surface area (Å²) < 4.78 is 4.08. The molecule has 5 nitrogen and oxygen atoms in total. The van der Waals surface area contributed by atoms with Crippen molar-refractivity contribution in [2.24, 2.45) is 7.05 Å². The first-order valence-corrected chi connectivity index (χ1v) is 6.79. The van der Waals surface area contributed by atoms with E-state index in [1.807, 2.05) is 23.6 Å². The first-order valence-electron chi connectivity index (χ1n) is 6.38. The van der Waals surface area contributed by atoms with Crippen LogP contribution in [0.3, 0.4) is 0 Å². The molecular formula is C13H18N4OS. The third-order valence-electron chi connectivity index (χ3n) is 3.29. The lowest BCUT2D eigenvalue weighted by Gasteiger charge is -2.08. The number of pyridine rings is 1. The summed E-state index contributed by atoms with van der Waals surface area (Å²) in [5, 5.41) is 6.98. The van der Waals surface area contributed by atoms with Crippen LogP contribution in [0.1, 0.15) is 25.5 Å². The number of H-pyrrole nitrogens is 1. The molecule has 0 aliphatic carbocycles. The highest BCUT2D eigenvalue weighted by molar-refractivity contribution is 7.71. The smallest absolute Gasteiger partial charge is 0.261 e. The van der Waals surface area contributed by atoms with Gasteiger partial charge in [0.1, 0.15) is 0 Å². The number of aromatic amines is 1. The lowest BCUT2D eigenvalue weighted by Crippen LogP contribution is -2.21. The summed E-state index contributed by atoms with van der Waals surface area (Å²) in [6.45, 7) is 4.80. The van der Waals surface area contributed by atoms with Crippen LogP contribution in [0, 0.1) is 11.7 Å². The summed E-state index contributed by atoms with van der Waals surface area (Å²) in [4.78, 5) is 12.3. The largest absolute Gasteiger partial charge is 0.315 e. The van der Waals surface area contributed by atoms with Crippen LogP contribution in [-0.4, -0.2) is 19.3 Å². The predicted molar refractivity (Wildman–Crippen MR) is 77.7 cm³/mol. The van der Waals surface area contributed by atoms with Crippen LogP contribution in [-0.2, 0) is 13.6 Å². The van der Waals surface area contributed by atoms with Crippen LogP contribution < -0.4 is 5.56 Å². The van der Waals surface area contributed by atoms with Crippen molar-refractivity contribution in [3.63, 3.8) is 0 Å². The number of nitrogens with one attached hydrogen (secondary N) is 1. The maximum Gasteiger partial charge on any atom is 0.261 e. The summed E-state index contributed by atoms with van der Waals surface area (Å²) >= 11 is 5.22. The quantitative estimate of drug-likeness (QED) is 0.874. The summed E-state index contributed by atoms with van der Waals surface area (Å²) in [7, 11) is 1.76. The molecule has 2 heterocycles. The summed E-state index contributed by atoms with van der Waals surface area (Å²) in [5.41, 5.74) is 1.45. The van der Waals surface area contributed by atoms with E-state index >= 15 is 0 Å². The number of rotatable bonds is 4. The Morgan fingerprint density at radius 3 is 2.84 bits per heavy atom. The zero-order valence-electron chi connectivity index (χ0n) is 11.4. The Morgan fingerprint density at radius 1 is 1.42 bits per heavy atom. The van der Waals surface area contributed by atoms with Gasteiger partial charge in [0.25, 0.3) is 5.56 Å². The summed E-state index contributed by atoms with van der Waals surface area (Å²) in [5.74, 6) is 0.624. The molecule has 2 rings (SSSR count). The second-order valence-corrected chi connectivity index (χ2v) is 5.00. The Labute approximate surface area is 116 Å². The van der Waals surface area contributed by atoms with E-state index < -0.39 is 0 Å². The topological polar surface area (TPSA) is 55.6 Å². The fourth-order valence-corrected chi connectivity index (χ4v) is 2.17. The molecule has 0 atom stereocenters. The molecule has 0 unspecified atom stereocenters. The van der Waals surface area contributed by atoms with Crippen LogP contribution >= 0.6 is 12.2 Å². The van der Waals surface area contributed by atoms with Crippen molar-refractivity contribution in [1.29, 1.82) is 0 Å². The fraction of sp³-hybridized carbons (Fsp3) is 0.462. The van der Waals surface area contributed by atoms with Crippen LogP contribution in [0.2, 0.25) is 0 Å². The monoisotopic (exact) mass is 278 g/mol. The molecule has 0 aliphatic heterocycles. The molecule has 1 N–H and O–H groups in total. The SMILES string of the molecule is CCCCn1c(-c2ccc(C)n(C)c2=O)n[nH]c1=S. The average Bonchev–Trinajstić information content (AvgIpc) is 2.75. The maximum atomic E-state index is 12.3. The lowest BCUT2D eigenvalue weighted by atomic mass is 10.2. The van der Waals surface area contributed by atoms with Crippen LogP contribution in [0.4, 0.5) is 0 Å². The van der Waals surface area contributed by atoms with Crippen molar-refractivity contribution in [3.8, 4) is 11.4 Å². The van der Waals surface area contributed by atoms with Crippen LogP contribution in [0.5, 0.6) is 0 Å². The first kappa shape index (κ1) is 13.7.